The van der Waals surface area contributed by atoms with Crippen molar-refractivity contribution in [2.45, 2.75) is 52.5 Å². The van der Waals surface area contributed by atoms with Crippen LogP contribution in [0.25, 0.3) is 0 Å². The molecule has 1 aliphatic rings. The summed E-state index contributed by atoms with van der Waals surface area (Å²) >= 11 is 0. The molecule has 0 fully saturated rings. The summed E-state index contributed by atoms with van der Waals surface area (Å²) in [6.45, 7) is 11.1. The number of hydrogen-bond acceptors (Lipinski definition) is 2. The normalized spacial score (nSPS) is 19.9. The zero-order valence-corrected chi connectivity index (χ0v) is 12.7. The van der Waals surface area contributed by atoms with Crippen molar-refractivity contribution in [2.24, 2.45) is 5.41 Å². The minimum Gasteiger partial charge on any atom is -0.493 e. The number of rotatable bonds is 6. The molecule has 2 heteroatoms. The standard InChI is InChI=1S/C17H27NO/c1-5-18-13(2)10-17(3,4)11-14-12-19-16-9-7-6-8-15(14)16/h6-9,13-14,18H,5,10-12H2,1-4H3. The third kappa shape index (κ3) is 3.73. The molecule has 1 heterocycles. The molecule has 2 unspecified atom stereocenters. The summed E-state index contributed by atoms with van der Waals surface area (Å²) in [5.41, 5.74) is 1.74. The molecule has 2 atom stereocenters. The van der Waals surface area contributed by atoms with Crippen molar-refractivity contribution in [3.05, 3.63) is 29.8 Å². The van der Waals surface area contributed by atoms with Crippen molar-refractivity contribution in [1.82, 2.24) is 5.32 Å². The minimum atomic E-state index is 0.340. The Kier molecular flexibility index (Phi) is 4.51. The summed E-state index contributed by atoms with van der Waals surface area (Å²) in [5.74, 6) is 1.64. The van der Waals surface area contributed by atoms with Crippen molar-refractivity contribution in [2.75, 3.05) is 13.2 Å². The van der Waals surface area contributed by atoms with Crippen LogP contribution in [0.5, 0.6) is 5.75 Å². The van der Waals surface area contributed by atoms with Crippen LogP contribution in [0.1, 0.15) is 52.0 Å². The minimum absolute atomic E-state index is 0.340. The fraction of sp³-hybridized carbons (Fsp3) is 0.647. The average Bonchev–Trinajstić information content (AvgIpc) is 2.72. The van der Waals surface area contributed by atoms with Crippen LogP contribution in [0.3, 0.4) is 0 Å². The monoisotopic (exact) mass is 261 g/mol. The van der Waals surface area contributed by atoms with Gasteiger partial charge in [0, 0.05) is 17.5 Å². The van der Waals surface area contributed by atoms with Gasteiger partial charge >= 0.3 is 0 Å². The molecule has 1 aliphatic heterocycles. The quantitative estimate of drug-likeness (QED) is 0.836. The summed E-state index contributed by atoms with van der Waals surface area (Å²) in [7, 11) is 0. The number of para-hydroxylation sites is 1. The molecule has 1 aromatic rings. The highest BCUT2D eigenvalue weighted by atomic mass is 16.5. The van der Waals surface area contributed by atoms with Gasteiger partial charge in [0.05, 0.1) is 6.61 Å². The first-order valence-electron chi connectivity index (χ1n) is 7.47. The maximum Gasteiger partial charge on any atom is 0.122 e. The van der Waals surface area contributed by atoms with E-state index in [4.69, 9.17) is 4.74 Å². The summed E-state index contributed by atoms with van der Waals surface area (Å²) in [6, 6.07) is 9.06. The van der Waals surface area contributed by atoms with E-state index in [2.05, 4.69) is 57.3 Å². The summed E-state index contributed by atoms with van der Waals surface area (Å²) in [5, 5.41) is 3.51. The predicted molar refractivity (Wildman–Crippen MR) is 80.8 cm³/mol. The second-order valence-electron chi connectivity index (χ2n) is 6.58. The molecule has 0 saturated heterocycles. The lowest BCUT2D eigenvalue weighted by molar-refractivity contribution is 0.227. The Hall–Kier alpha value is -1.02. The first-order valence-corrected chi connectivity index (χ1v) is 7.47. The van der Waals surface area contributed by atoms with Gasteiger partial charge in [0.15, 0.2) is 0 Å². The second-order valence-corrected chi connectivity index (χ2v) is 6.58. The van der Waals surface area contributed by atoms with Gasteiger partial charge in [-0.25, -0.2) is 0 Å². The van der Waals surface area contributed by atoms with E-state index in [1.807, 2.05) is 0 Å². The van der Waals surface area contributed by atoms with Crippen molar-refractivity contribution in [3.8, 4) is 5.75 Å². The van der Waals surface area contributed by atoms with E-state index >= 15 is 0 Å². The second kappa shape index (κ2) is 5.96. The molecule has 0 spiro atoms. The lowest BCUT2D eigenvalue weighted by Crippen LogP contribution is -2.32. The highest BCUT2D eigenvalue weighted by molar-refractivity contribution is 5.39. The summed E-state index contributed by atoms with van der Waals surface area (Å²) in [4.78, 5) is 0. The van der Waals surface area contributed by atoms with Gasteiger partial charge < -0.3 is 10.1 Å². The fourth-order valence-electron chi connectivity index (χ4n) is 3.40. The Balaban J connectivity index is 1.97. The molecule has 0 aliphatic carbocycles. The summed E-state index contributed by atoms with van der Waals surface area (Å²) in [6.07, 6.45) is 2.40. The SMILES string of the molecule is CCNC(C)CC(C)(C)CC1COc2ccccc21. The first kappa shape index (κ1) is 14.4. The van der Waals surface area contributed by atoms with Gasteiger partial charge in [0.2, 0.25) is 0 Å². The van der Waals surface area contributed by atoms with Crippen LogP contribution in [-0.2, 0) is 0 Å². The van der Waals surface area contributed by atoms with Crippen LogP contribution < -0.4 is 10.1 Å². The molecule has 1 N–H and O–H groups in total. The van der Waals surface area contributed by atoms with E-state index in [0.717, 1.165) is 18.9 Å². The zero-order valence-electron chi connectivity index (χ0n) is 12.7. The number of ether oxygens (including phenoxy) is 1. The Labute approximate surface area is 117 Å². The van der Waals surface area contributed by atoms with E-state index in [1.54, 1.807) is 0 Å². The van der Waals surface area contributed by atoms with Crippen molar-refractivity contribution < 1.29 is 4.74 Å². The third-order valence-electron chi connectivity index (χ3n) is 4.01. The van der Waals surface area contributed by atoms with E-state index in [-0.39, 0.29) is 0 Å². The van der Waals surface area contributed by atoms with E-state index < -0.39 is 0 Å². The van der Waals surface area contributed by atoms with Gasteiger partial charge in [0.25, 0.3) is 0 Å². The largest absolute Gasteiger partial charge is 0.493 e. The Morgan fingerprint density at radius 3 is 2.84 bits per heavy atom. The number of fused-ring (bicyclic) bond motifs is 1. The molecule has 106 valence electrons. The molecule has 19 heavy (non-hydrogen) atoms. The molecule has 0 radical (unpaired) electrons. The number of nitrogens with one attached hydrogen (secondary N) is 1. The Morgan fingerprint density at radius 2 is 2.11 bits per heavy atom. The van der Waals surface area contributed by atoms with Crippen LogP contribution in [0.2, 0.25) is 0 Å². The van der Waals surface area contributed by atoms with E-state index in [9.17, 15) is 0 Å². The first-order chi connectivity index (χ1) is 9.02. The zero-order chi connectivity index (χ0) is 13.9. The molecule has 2 nitrogen and oxygen atoms in total. The highest BCUT2D eigenvalue weighted by Gasteiger charge is 2.31. The maximum absolute atomic E-state index is 5.79. The van der Waals surface area contributed by atoms with Gasteiger partial charge in [-0.2, -0.15) is 0 Å². The molecular formula is C17H27NO. The highest BCUT2D eigenvalue weighted by Crippen LogP contribution is 2.42. The molecule has 0 aromatic heterocycles. The van der Waals surface area contributed by atoms with Crippen LogP contribution >= 0.6 is 0 Å². The Bertz CT molecular complexity index is 413. The maximum atomic E-state index is 5.79. The van der Waals surface area contributed by atoms with Gasteiger partial charge in [0.1, 0.15) is 5.75 Å². The van der Waals surface area contributed by atoms with Crippen LogP contribution in [0.15, 0.2) is 24.3 Å². The number of benzene rings is 1. The van der Waals surface area contributed by atoms with Crippen molar-refractivity contribution in [1.29, 1.82) is 0 Å². The van der Waals surface area contributed by atoms with Crippen LogP contribution in [-0.4, -0.2) is 19.2 Å². The van der Waals surface area contributed by atoms with Crippen LogP contribution in [0.4, 0.5) is 0 Å². The van der Waals surface area contributed by atoms with Crippen molar-refractivity contribution in [3.63, 3.8) is 0 Å². The average molecular weight is 261 g/mol. The third-order valence-corrected chi connectivity index (χ3v) is 4.01. The van der Waals surface area contributed by atoms with Gasteiger partial charge in [-0.1, -0.05) is 39.0 Å². The predicted octanol–water partition coefficient (Wildman–Crippen LogP) is 3.97. The van der Waals surface area contributed by atoms with Gasteiger partial charge in [-0.3, -0.25) is 0 Å². The van der Waals surface area contributed by atoms with Gasteiger partial charge in [-0.15, -0.1) is 0 Å². The van der Waals surface area contributed by atoms with Crippen molar-refractivity contribution >= 4 is 0 Å². The van der Waals surface area contributed by atoms with E-state index in [1.165, 1.54) is 18.4 Å². The molecule has 2 rings (SSSR count). The van der Waals surface area contributed by atoms with Gasteiger partial charge in [-0.05, 0) is 37.8 Å². The van der Waals surface area contributed by atoms with Crippen LogP contribution in [0, 0.1) is 5.41 Å². The fourth-order valence-corrected chi connectivity index (χ4v) is 3.40. The topological polar surface area (TPSA) is 21.3 Å². The summed E-state index contributed by atoms with van der Waals surface area (Å²) < 4.78 is 5.79. The Morgan fingerprint density at radius 1 is 1.37 bits per heavy atom. The number of hydrogen-bond donors (Lipinski definition) is 1. The molecule has 0 bridgehead atoms. The molecular weight excluding hydrogens is 234 g/mol. The smallest absolute Gasteiger partial charge is 0.122 e. The lowest BCUT2D eigenvalue weighted by Gasteiger charge is -2.30. The molecule has 0 saturated carbocycles. The lowest BCUT2D eigenvalue weighted by atomic mass is 9.77. The van der Waals surface area contributed by atoms with E-state index in [0.29, 0.717) is 17.4 Å². The molecule has 0 amide bonds. The molecule has 1 aromatic carbocycles.